The lowest BCUT2D eigenvalue weighted by atomic mass is 10.1. The SMILES string of the molecule is O=C(Nc1ccc(F)cc1Cl)c1cc2c(s1)CCCCC2. The minimum atomic E-state index is -0.416. The zero-order valence-electron chi connectivity index (χ0n) is 11.4. The normalized spacial score (nSPS) is 14.4. The summed E-state index contributed by atoms with van der Waals surface area (Å²) in [5.41, 5.74) is 1.74. The van der Waals surface area contributed by atoms with E-state index in [1.54, 1.807) is 11.3 Å². The molecule has 0 saturated carbocycles. The van der Waals surface area contributed by atoms with E-state index in [-0.39, 0.29) is 10.9 Å². The van der Waals surface area contributed by atoms with E-state index in [2.05, 4.69) is 5.32 Å². The fourth-order valence-electron chi connectivity index (χ4n) is 2.55. The molecule has 0 fully saturated rings. The van der Waals surface area contributed by atoms with E-state index in [1.165, 1.54) is 47.9 Å². The van der Waals surface area contributed by atoms with Crippen molar-refractivity contribution in [3.63, 3.8) is 0 Å². The molecule has 2 aromatic rings. The molecule has 110 valence electrons. The van der Waals surface area contributed by atoms with Crippen LogP contribution in [0.4, 0.5) is 10.1 Å². The number of thiophene rings is 1. The van der Waals surface area contributed by atoms with Gasteiger partial charge < -0.3 is 5.32 Å². The summed E-state index contributed by atoms with van der Waals surface area (Å²) in [6.07, 6.45) is 5.75. The molecule has 1 aliphatic carbocycles. The Labute approximate surface area is 131 Å². The van der Waals surface area contributed by atoms with Crippen molar-refractivity contribution in [1.29, 1.82) is 0 Å². The van der Waals surface area contributed by atoms with Crippen LogP contribution in [0.15, 0.2) is 24.3 Å². The number of fused-ring (bicyclic) bond motifs is 1. The summed E-state index contributed by atoms with van der Waals surface area (Å²) in [6.45, 7) is 0. The molecule has 1 N–H and O–H groups in total. The van der Waals surface area contributed by atoms with Gasteiger partial charge in [0.25, 0.3) is 5.91 Å². The first kappa shape index (κ1) is 14.5. The van der Waals surface area contributed by atoms with Gasteiger partial charge in [0.2, 0.25) is 0 Å². The fraction of sp³-hybridized carbons (Fsp3) is 0.312. The lowest BCUT2D eigenvalue weighted by molar-refractivity contribution is 0.103. The van der Waals surface area contributed by atoms with Gasteiger partial charge in [-0.1, -0.05) is 18.0 Å². The summed E-state index contributed by atoms with van der Waals surface area (Å²) < 4.78 is 13.0. The second kappa shape index (κ2) is 6.16. The van der Waals surface area contributed by atoms with Gasteiger partial charge in [-0.25, -0.2) is 4.39 Å². The van der Waals surface area contributed by atoms with Crippen molar-refractivity contribution in [2.24, 2.45) is 0 Å². The molecule has 21 heavy (non-hydrogen) atoms. The van der Waals surface area contributed by atoms with Gasteiger partial charge in [-0.3, -0.25) is 4.79 Å². The van der Waals surface area contributed by atoms with Crippen LogP contribution in [0.25, 0.3) is 0 Å². The largest absolute Gasteiger partial charge is 0.320 e. The van der Waals surface area contributed by atoms with Gasteiger partial charge >= 0.3 is 0 Å². The van der Waals surface area contributed by atoms with E-state index in [1.807, 2.05) is 6.07 Å². The smallest absolute Gasteiger partial charge is 0.265 e. The lowest BCUT2D eigenvalue weighted by Gasteiger charge is -2.05. The number of hydrogen-bond donors (Lipinski definition) is 1. The number of amides is 1. The minimum Gasteiger partial charge on any atom is -0.320 e. The Hall–Kier alpha value is -1.39. The summed E-state index contributed by atoms with van der Waals surface area (Å²) in [7, 11) is 0. The van der Waals surface area contributed by atoms with Crippen LogP contribution >= 0.6 is 22.9 Å². The van der Waals surface area contributed by atoms with Crippen LogP contribution in [0.2, 0.25) is 5.02 Å². The van der Waals surface area contributed by atoms with E-state index in [4.69, 9.17) is 11.6 Å². The van der Waals surface area contributed by atoms with Crippen LogP contribution in [-0.4, -0.2) is 5.91 Å². The van der Waals surface area contributed by atoms with Gasteiger partial charge in [-0.05, 0) is 55.5 Å². The Bertz CT molecular complexity index is 659. The zero-order chi connectivity index (χ0) is 14.8. The van der Waals surface area contributed by atoms with Crippen molar-refractivity contribution in [3.8, 4) is 0 Å². The number of carbonyl (C=O) groups is 1. The van der Waals surface area contributed by atoms with E-state index >= 15 is 0 Å². The molecule has 0 bridgehead atoms. The molecule has 1 aromatic carbocycles. The van der Waals surface area contributed by atoms with E-state index in [0.717, 1.165) is 12.8 Å². The zero-order valence-corrected chi connectivity index (χ0v) is 13.0. The van der Waals surface area contributed by atoms with Crippen molar-refractivity contribution < 1.29 is 9.18 Å². The second-order valence-corrected chi connectivity index (χ2v) is 6.74. The Morgan fingerprint density at radius 2 is 2.00 bits per heavy atom. The summed E-state index contributed by atoms with van der Waals surface area (Å²) in [5.74, 6) is -0.595. The van der Waals surface area contributed by atoms with Gasteiger partial charge in [0.05, 0.1) is 15.6 Å². The molecule has 5 heteroatoms. The molecule has 3 rings (SSSR count). The van der Waals surface area contributed by atoms with E-state index in [0.29, 0.717) is 10.6 Å². The maximum Gasteiger partial charge on any atom is 0.265 e. The van der Waals surface area contributed by atoms with Gasteiger partial charge in [0, 0.05) is 4.88 Å². The number of carbonyl (C=O) groups excluding carboxylic acids is 1. The van der Waals surface area contributed by atoms with Crippen molar-refractivity contribution in [2.75, 3.05) is 5.32 Å². The maximum absolute atomic E-state index is 13.0. The summed E-state index contributed by atoms with van der Waals surface area (Å²) >= 11 is 7.49. The predicted molar refractivity (Wildman–Crippen MR) is 84.9 cm³/mol. The summed E-state index contributed by atoms with van der Waals surface area (Å²) in [6, 6.07) is 5.94. The third-order valence-corrected chi connectivity index (χ3v) is 5.20. The monoisotopic (exact) mass is 323 g/mol. The lowest BCUT2D eigenvalue weighted by Crippen LogP contribution is -2.10. The predicted octanol–water partition coefficient (Wildman–Crippen LogP) is 5.06. The van der Waals surface area contributed by atoms with Crippen LogP contribution in [0.3, 0.4) is 0 Å². The fourth-order valence-corrected chi connectivity index (χ4v) is 3.92. The molecule has 0 spiro atoms. The highest BCUT2D eigenvalue weighted by atomic mass is 35.5. The summed E-state index contributed by atoms with van der Waals surface area (Å²) in [5, 5.41) is 2.96. The van der Waals surface area contributed by atoms with Gasteiger partial charge in [-0.15, -0.1) is 11.3 Å². The minimum absolute atomic E-state index is 0.179. The molecule has 0 saturated heterocycles. The van der Waals surface area contributed by atoms with Crippen molar-refractivity contribution >= 4 is 34.5 Å². The Morgan fingerprint density at radius 1 is 1.19 bits per heavy atom. The molecule has 2 nitrogen and oxygen atoms in total. The van der Waals surface area contributed by atoms with Crippen LogP contribution in [0, 0.1) is 5.82 Å². The standard InChI is InChI=1S/C16H15ClFNOS/c17-12-9-11(18)6-7-13(12)19-16(20)15-8-10-4-2-1-3-5-14(10)21-15/h6-9H,1-5H2,(H,19,20). The average Bonchev–Trinajstić information content (AvgIpc) is 2.73. The number of nitrogens with one attached hydrogen (secondary N) is 1. The molecule has 0 unspecified atom stereocenters. The van der Waals surface area contributed by atoms with Crippen LogP contribution in [0.5, 0.6) is 0 Å². The Morgan fingerprint density at radius 3 is 2.81 bits per heavy atom. The van der Waals surface area contributed by atoms with E-state index in [9.17, 15) is 9.18 Å². The number of rotatable bonds is 2. The third kappa shape index (κ3) is 3.27. The molecular formula is C16H15ClFNOS. The van der Waals surface area contributed by atoms with Crippen molar-refractivity contribution in [2.45, 2.75) is 32.1 Å². The molecular weight excluding hydrogens is 309 g/mol. The van der Waals surface area contributed by atoms with Crippen LogP contribution < -0.4 is 5.32 Å². The first-order valence-corrected chi connectivity index (χ1v) is 8.21. The quantitative estimate of drug-likeness (QED) is 0.769. The first-order chi connectivity index (χ1) is 10.1. The molecule has 1 aliphatic rings. The Kier molecular flexibility index (Phi) is 4.27. The van der Waals surface area contributed by atoms with Crippen molar-refractivity contribution in [1.82, 2.24) is 0 Å². The number of anilines is 1. The highest BCUT2D eigenvalue weighted by Crippen LogP contribution is 2.30. The Balaban J connectivity index is 1.79. The number of aryl methyl sites for hydroxylation is 2. The maximum atomic E-state index is 13.0. The number of benzene rings is 1. The number of halogens is 2. The topological polar surface area (TPSA) is 29.1 Å². The third-order valence-electron chi connectivity index (χ3n) is 3.65. The molecule has 1 heterocycles. The van der Waals surface area contributed by atoms with E-state index < -0.39 is 5.82 Å². The highest BCUT2D eigenvalue weighted by molar-refractivity contribution is 7.14. The van der Waals surface area contributed by atoms with Crippen molar-refractivity contribution in [3.05, 3.63) is 50.4 Å². The molecule has 0 atom stereocenters. The highest BCUT2D eigenvalue weighted by Gasteiger charge is 2.17. The summed E-state index contributed by atoms with van der Waals surface area (Å²) in [4.78, 5) is 14.3. The number of hydrogen-bond acceptors (Lipinski definition) is 2. The molecule has 1 amide bonds. The van der Waals surface area contributed by atoms with Crippen LogP contribution in [0.1, 0.15) is 39.4 Å². The molecule has 0 aliphatic heterocycles. The van der Waals surface area contributed by atoms with Gasteiger partial charge in [0.1, 0.15) is 5.82 Å². The molecule has 0 radical (unpaired) electrons. The van der Waals surface area contributed by atoms with Gasteiger partial charge in [0.15, 0.2) is 0 Å². The molecule has 1 aromatic heterocycles. The first-order valence-electron chi connectivity index (χ1n) is 7.01. The van der Waals surface area contributed by atoms with Crippen LogP contribution in [-0.2, 0) is 12.8 Å². The van der Waals surface area contributed by atoms with Gasteiger partial charge in [-0.2, -0.15) is 0 Å². The average molecular weight is 324 g/mol. The second-order valence-electron chi connectivity index (χ2n) is 5.20.